The number of carbonyl (C=O) groups excluding carboxylic acids is 2. The number of hydrogen-bond acceptors (Lipinski definition) is 4. The molecule has 0 rings (SSSR count). The molecule has 1 amide bonds. The normalized spacial score (nSPS) is 12.2. The van der Waals surface area contributed by atoms with E-state index >= 15 is 0 Å². The molecule has 0 aromatic carbocycles. The van der Waals surface area contributed by atoms with Gasteiger partial charge in [0.05, 0.1) is 13.0 Å². The van der Waals surface area contributed by atoms with Gasteiger partial charge in [0.15, 0.2) is 0 Å². The van der Waals surface area contributed by atoms with Gasteiger partial charge in [-0.1, -0.05) is 0 Å². The molecule has 5 heteroatoms. The highest BCUT2D eigenvalue weighted by atomic mass is 16.6. The van der Waals surface area contributed by atoms with Crippen molar-refractivity contribution in [2.45, 2.75) is 32.8 Å². The zero-order valence-electron chi connectivity index (χ0n) is 10.7. The Morgan fingerprint density at radius 1 is 1.41 bits per heavy atom. The van der Waals surface area contributed by atoms with E-state index < -0.39 is 23.6 Å². The van der Waals surface area contributed by atoms with Crippen molar-refractivity contribution in [3.05, 3.63) is 0 Å². The first-order valence-corrected chi connectivity index (χ1v) is 5.28. The van der Waals surface area contributed by atoms with Crippen LogP contribution in [-0.4, -0.2) is 31.3 Å². The number of nitrogens with one attached hydrogen (secondary N) is 1. The maximum atomic E-state index is 11.3. The molecule has 0 bridgehead atoms. The van der Waals surface area contributed by atoms with Crippen molar-refractivity contribution >= 4 is 12.1 Å². The summed E-state index contributed by atoms with van der Waals surface area (Å²) >= 11 is 0. The first kappa shape index (κ1) is 15.3. The maximum absolute atomic E-state index is 11.3. The monoisotopic (exact) mass is 241 g/mol. The molecule has 0 aromatic rings. The standard InChI is InChI=1S/C12H19NO4/c1-6-7-9(10(14)16-5)8-13-11(15)17-12(2,3)4/h1,9H,7-8H2,2-5H3,(H,13,15)/t9-/m0/s1. The molecule has 0 aliphatic rings. The highest BCUT2D eigenvalue weighted by Gasteiger charge is 2.21. The van der Waals surface area contributed by atoms with Gasteiger partial charge in [-0.3, -0.25) is 4.79 Å². The maximum Gasteiger partial charge on any atom is 0.407 e. The van der Waals surface area contributed by atoms with Crippen molar-refractivity contribution in [1.29, 1.82) is 0 Å². The van der Waals surface area contributed by atoms with Gasteiger partial charge >= 0.3 is 12.1 Å². The third-order valence-electron chi connectivity index (χ3n) is 1.79. The first-order valence-electron chi connectivity index (χ1n) is 5.28. The summed E-state index contributed by atoms with van der Waals surface area (Å²) in [6.07, 6.45) is 4.76. The van der Waals surface area contributed by atoms with Crippen LogP contribution in [0.5, 0.6) is 0 Å². The molecule has 0 radical (unpaired) electrons. The van der Waals surface area contributed by atoms with E-state index in [1.54, 1.807) is 20.8 Å². The first-order chi connectivity index (χ1) is 7.80. The lowest BCUT2D eigenvalue weighted by Gasteiger charge is -2.20. The minimum absolute atomic E-state index is 0.103. The fourth-order valence-electron chi connectivity index (χ4n) is 1.07. The number of terminal acetylenes is 1. The molecule has 1 atom stereocenters. The number of methoxy groups -OCH3 is 1. The van der Waals surface area contributed by atoms with Crippen LogP contribution in [0.15, 0.2) is 0 Å². The molecule has 0 saturated heterocycles. The van der Waals surface area contributed by atoms with Gasteiger partial charge in [-0.15, -0.1) is 12.3 Å². The topological polar surface area (TPSA) is 64.6 Å². The molecule has 17 heavy (non-hydrogen) atoms. The van der Waals surface area contributed by atoms with Crippen LogP contribution in [0.25, 0.3) is 0 Å². The second-order valence-electron chi connectivity index (χ2n) is 4.51. The number of alkyl carbamates (subject to hydrolysis) is 1. The molecular weight excluding hydrogens is 222 g/mol. The Morgan fingerprint density at radius 3 is 2.41 bits per heavy atom. The Balaban J connectivity index is 4.18. The summed E-state index contributed by atoms with van der Waals surface area (Å²) < 4.78 is 9.60. The number of esters is 1. The highest BCUT2D eigenvalue weighted by Crippen LogP contribution is 2.07. The van der Waals surface area contributed by atoms with Crippen LogP contribution in [-0.2, 0) is 14.3 Å². The van der Waals surface area contributed by atoms with Gasteiger partial charge in [-0.2, -0.15) is 0 Å². The van der Waals surface area contributed by atoms with Crippen LogP contribution in [0.1, 0.15) is 27.2 Å². The minimum Gasteiger partial charge on any atom is -0.469 e. The van der Waals surface area contributed by atoms with Crippen molar-refractivity contribution in [2.24, 2.45) is 5.92 Å². The number of ether oxygens (including phenoxy) is 2. The van der Waals surface area contributed by atoms with Crippen LogP contribution in [0.4, 0.5) is 4.79 Å². The molecule has 0 aliphatic heterocycles. The summed E-state index contributed by atoms with van der Waals surface area (Å²) in [6.45, 7) is 5.37. The Morgan fingerprint density at radius 2 is 2.00 bits per heavy atom. The molecular formula is C12H19NO4. The fourth-order valence-corrected chi connectivity index (χ4v) is 1.07. The fraction of sp³-hybridized carbons (Fsp3) is 0.667. The smallest absolute Gasteiger partial charge is 0.407 e. The number of hydrogen-bond donors (Lipinski definition) is 1. The van der Waals surface area contributed by atoms with Crippen LogP contribution in [0.2, 0.25) is 0 Å². The lowest BCUT2D eigenvalue weighted by Crippen LogP contribution is -2.37. The molecule has 0 saturated carbocycles. The average molecular weight is 241 g/mol. The number of amides is 1. The van der Waals surface area contributed by atoms with E-state index in [-0.39, 0.29) is 13.0 Å². The number of carbonyl (C=O) groups is 2. The van der Waals surface area contributed by atoms with E-state index in [1.807, 2.05) is 0 Å². The predicted octanol–water partition coefficient (Wildman–Crippen LogP) is 1.32. The highest BCUT2D eigenvalue weighted by molar-refractivity contribution is 5.74. The third-order valence-corrected chi connectivity index (χ3v) is 1.79. The van der Waals surface area contributed by atoms with Crippen LogP contribution in [0.3, 0.4) is 0 Å². The minimum atomic E-state index is -0.580. The van der Waals surface area contributed by atoms with Crippen molar-refractivity contribution in [3.8, 4) is 12.3 Å². The number of rotatable bonds is 4. The second-order valence-corrected chi connectivity index (χ2v) is 4.51. The Kier molecular flexibility index (Phi) is 6.11. The van der Waals surface area contributed by atoms with Gasteiger partial charge < -0.3 is 14.8 Å². The molecule has 0 unspecified atom stereocenters. The summed E-state index contributed by atoms with van der Waals surface area (Å²) in [7, 11) is 1.28. The lowest BCUT2D eigenvalue weighted by atomic mass is 10.1. The Hall–Kier alpha value is -1.70. The van der Waals surface area contributed by atoms with Gasteiger partial charge in [-0.05, 0) is 20.8 Å². The Labute approximate surface area is 102 Å². The van der Waals surface area contributed by atoms with E-state index in [1.165, 1.54) is 7.11 Å². The zero-order valence-corrected chi connectivity index (χ0v) is 10.7. The summed E-state index contributed by atoms with van der Waals surface area (Å²) in [4.78, 5) is 22.6. The zero-order chi connectivity index (χ0) is 13.5. The molecule has 5 nitrogen and oxygen atoms in total. The second kappa shape index (κ2) is 6.79. The van der Waals surface area contributed by atoms with E-state index in [0.29, 0.717) is 0 Å². The molecule has 0 fully saturated rings. The van der Waals surface area contributed by atoms with E-state index in [9.17, 15) is 9.59 Å². The molecule has 0 aliphatic carbocycles. The van der Waals surface area contributed by atoms with Gasteiger partial charge in [0.1, 0.15) is 5.60 Å². The van der Waals surface area contributed by atoms with Crippen molar-refractivity contribution in [3.63, 3.8) is 0 Å². The quantitative estimate of drug-likeness (QED) is 0.595. The van der Waals surface area contributed by atoms with Gasteiger partial charge in [0.25, 0.3) is 0 Å². The van der Waals surface area contributed by atoms with Crippen molar-refractivity contribution in [1.82, 2.24) is 5.32 Å². The van der Waals surface area contributed by atoms with Crippen LogP contribution >= 0.6 is 0 Å². The lowest BCUT2D eigenvalue weighted by molar-refractivity contribution is -0.145. The molecule has 1 N–H and O–H groups in total. The van der Waals surface area contributed by atoms with Crippen LogP contribution in [0, 0.1) is 18.3 Å². The average Bonchev–Trinajstić information content (AvgIpc) is 2.20. The van der Waals surface area contributed by atoms with Crippen LogP contribution < -0.4 is 5.32 Å². The van der Waals surface area contributed by atoms with E-state index in [2.05, 4.69) is 16.0 Å². The third kappa shape index (κ3) is 7.23. The summed E-state index contributed by atoms with van der Waals surface area (Å²) in [5.41, 5.74) is -0.572. The van der Waals surface area contributed by atoms with Gasteiger partial charge in [0.2, 0.25) is 0 Å². The summed E-state index contributed by atoms with van der Waals surface area (Å²) in [6, 6.07) is 0. The van der Waals surface area contributed by atoms with Gasteiger partial charge in [-0.25, -0.2) is 4.79 Å². The van der Waals surface area contributed by atoms with Crippen molar-refractivity contribution in [2.75, 3.05) is 13.7 Å². The van der Waals surface area contributed by atoms with Crippen molar-refractivity contribution < 1.29 is 19.1 Å². The molecule has 0 spiro atoms. The largest absolute Gasteiger partial charge is 0.469 e. The molecule has 0 aromatic heterocycles. The Bertz CT molecular complexity index is 311. The summed E-state index contributed by atoms with van der Waals surface area (Å²) in [5.74, 6) is 1.37. The SMILES string of the molecule is C#CC[C@@H](CNC(=O)OC(C)(C)C)C(=O)OC. The van der Waals surface area contributed by atoms with Gasteiger partial charge in [0, 0.05) is 13.0 Å². The van der Waals surface area contributed by atoms with E-state index in [4.69, 9.17) is 11.2 Å². The molecule has 96 valence electrons. The summed E-state index contributed by atoms with van der Waals surface area (Å²) in [5, 5.41) is 2.48. The molecule has 0 heterocycles. The predicted molar refractivity (Wildman–Crippen MR) is 63.2 cm³/mol. The van der Waals surface area contributed by atoms with E-state index in [0.717, 1.165) is 0 Å².